The first-order valence-corrected chi connectivity index (χ1v) is 6.58. The third kappa shape index (κ3) is 2.43. The fourth-order valence-corrected chi connectivity index (χ4v) is 2.51. The maximum Gasteiger partial charge on any atom is 0.255 e. The molecule has 1 aromatic rings. The number of aromatic nitrogens is 1. The van der Waals surface area contributed by atoms with Crippen LogP contribution in [0.2, 0.25) is 0 Å². The number of aromatic amines is 1. The molecule has 0 radical (unpaired) electrons. The van der Waals surface area contributed by atoms with Crippen LogP contribution < -0.4 is 0 Å². The van der Waals surface area contributed by atoms with E-state index in [1.54, 1.807) is 18.1 Å². The van der Waals surface area contributed by atoms with Gasteiger partial charge in [0.25, 0.3) is 5.91 Å². The minimum absolute atomic E-state index is 0.0136. The number of likely N-dealkylation sites (N-methyl/N-ethyl adjacent to an activating group) is 1. The molecule has 2 rings (SSSR count). The molecule has 4 nitrogen and oxygen atoms in total. The number of nitrogens with one attached hydrogen (secondary N) is 1. The molecule has 4 heteroatoms. The van der Waals surface area contributed by atoms with Crippen molar-refractivity contribution in [1.82, 2.24) is 9.88 Å². The first-order valence-electron chi connectivity index (χ1n) is 6.58. The molecule has 2 N–H and O–H groups in total. The van der Waals surface area contributed by atoms with Gasteiger partial charge in [0.05, 0.1) is 11.2 Å². The Labute approximate surface area is 108 Å². The van der Waals surface area contributed by atoms with Crippen molar-refractivity contribution >= 4 is 5.91 Å². The van der Waals surface area contributed by atoms with Crippen molar-refractivity contribution in [3.63, 3.8) is 0 Å². The van der Waals surface area contributed by atoms with Gasteiger partial charge < -0.3 is 15.0 Å². The second-order valence-corrected chi connectivity index (χ2v) is 5.70. The molecule has 0 saturated heterocycles. The van der Waals surface area contributed by atoms with Crippen LogP contribution in [0.25, 0.3) is 0 Å². The van der Waals surface area contributed by atoms with E-state index in [2.05, 4.69) is 18.8 Å². The van der Waals surface area contributed by atoms with Gasteiger partial charge in [-0.15, -0.1) is 0 Å². The monoisotopic (exact) mass is 250 g/mol. The van der Waals surface area contributed by atoms with Gasteiger partial charge in [-0.1, -0.05) is 13.8 Å². The average molecular weight is 250 g/mol. The third-order valence-corrected chi connectivity index (χ3v) is 3.75. The molecule has 1 saturated carbocycles. The number of H-pyrrole nitrogens is 1. The van der Waals surface area contributed by atoms with Gasteiger partial charge in [0.2, 0.25) is 0 Å². The summed E-state index contributed by atoms with van der Waals surface area (Å²) in [7, 11) is 1.76. The molecule has 1 heterocycles. The van der Waals surface area contributed by atoms with E-state index >= 15 is 0 Å². The molecule has 0 spiro atoms. The molecule has 1 amide bonds. The zero-order valence-electron chi connectivity index (χ0n) is 11.4. The van der Waals surface area contributed by atoms with Crippen LogP contribution in [0, 0.1) is 0 Å². The zero-order chi connectivity index (χ0) is 13.3. The summed E-state index contributed by atoms with van der Waals surface area (Å²) < 4.78 is 0. The van der Waals surface area contributed by atoms with E-state index in [-0.39, 0.29) is 5.91 Å². The lowest BCUT2D eigenvalue weighted by Crippen LogP contribution is -2.48. The minimum atomic E-state index is -0.654. The lowest BCUT2D eigenvalue weighted by molar-refractivity contribution is -0.0499. The number of amides is 1. The summed E-state index contributed by atoms with van der Waals surface area (Å²) in [6.07, 6.45) is 4.46. The molecule has 0 aromatic carbocycles. The number of hydrogen-bond acceptors (Lipinski definition) is 2. The highest BCUT2D eigenvalue weighted by atomic mass is 16.3. The highest BCUT2D eigenvalue weighted by Gasteiger charge is 2.36. The topological polar surface area (TPSA) is 56.3 Å². The Morgan fingerprint density at radius 1 is 1.56 bits per heavy atom. The van der Waals surface area contributed by atoms with Crippen LogP contribution in [0.3, 0.4) is 0 Å². The van der Waals surface area contributed by atoms with Crippen molar-refractivity contribution in [3.05, 3.63) is 23.5 Å². The standard InChI is InChI=1S/C14H22N2O2/c1-10(2)12-11(5-8-15-12)13(17)16(3)9-14(18)6-4-7-14/h5,8,10,15,18H,4,6-7,9H2,1-3H3. The maximum atomic E-state index is 12.3. The Morgan fingerprint density at radius 3 is 2.72 bits per heavy atom. The van der Waals surface area contributed by atoms with E-state index in [0.717, 1.165) is 30.5 Å². The Balaban J connectivity index is 2.08. The minimum Gasteiger partial charge on any atom is -0.388 e. The summed E-state index contributed by atoms with van der Waals surface area (Å²) in [6, 6.07) is 1.82. The van der Waals surface area contributed by atoms with E-state index in [4.69, 9.17) is 0 Å². The van der Waals surface area contributed by atoms with Gasteiger partial charge in [-0.05, 0) is 31.2 Å². The summed E-state index contributed by atoms with van der Waals surface area (Å²) in [6.45, 7) is 4.54. The van der Waals surface area contributed by atoms with Crippen molar-refractivity contribution < 1.29 is 9.90 Å². The summed E-state index contributed by atoms with van der Waals surface area (Å²) in [4.78, 5) is 17.1. The molecular weight excluding hydrogens is 228 g/mol. The molecular formula is C14H22N2O2. The average Bonchev–Trinajstić information content (AvgIpc) is 2.74. The van der Waals surface area contributed by atoms with E-state index in [1.807, 2.05) is 6.07 Å². The largest absolute Gasteiger partial charge is 0.388 e. The Hall–Kier alpha value is -1.29. The molecule has 100 valence electrons. The first kappa shape index (κ1) is 13.1. The summed E-state index contributed by atoms with van der Waals surface area (Å²) in [5, 5.41) is 10.1. The van der Waals surface area contributed by atoms with Gasteiger partial charge in [0.1, 0.15) is 0 Å². The summed E-state index contributed by atoms with van der Waals surface area (Å²) in [5.41, 5.74) is 1.03. The SMILES string of the molecule is CC(C)c1[nH]ccc1C(=O)N(C)CC1(O)CCC1. The van der Waals surface area contributed by atoms with Gasteiger partial charge in [-0.3, -0.25) is 4.79 Å². The van der Waals surface area contributed by atoms with E-state index < -0.39 is 5.60 Å². The Kier molecular flexibility index (Phi) is 3.48. The van der Waals surface area contributed by atoms with Gasteiger partial charge in [0.15, 0.2) is 0 Å². The van der Waals surface area contributed by atoms with Crippen LogP contribution in [0.1, 0.15) is 55.1 Å². The summed E-state index contributed by atoms with van der Waals surface area (Å²) in [5.74, 6) is 0.277. The molecule has 0 bridgehead atoms. The number of aliphatic hydroxyl groups is 1. The molecule has 0 atom stereocenters. The Morgan fingerprint density at radius 2 is 2.22 bits per heavy atom. The van der Waals surface area contributed by atoms with Crippen molar-refractivity contribution in [2.75, 3.05) is 13.6 Å². The third-order valence-electron chi connectivity index (χ3n) is 3.75. The number of nitrogens with zero attached hydrogens (tertiary/aromatic N) is 1. The van der Waals surface area contributed by atoms with Gasteiger partial charge in [0, 0.05) is 25.5 Å². The van der Waals surface area contributed by atoms with Crippen LogP contribution in [0.4, 0.5) is 0 Å². The second-order valence-electron chi connectivity index (χ2n) is 5.70. The number of carbonyl (C=O) groups excluding carboxylic acids is 1. The quantitative estimate of drug-likeness (QED) is 0.860. The number of rotatable bonds is 4. The van der Waals surface area contributed by atoms with Gasteiger partial charge in [-0.2, -0.15) is 0 Å². The van der Waals surface area contributed by atoms with Crippen molar-refractivity contribution in [3.8, 4) is 0 Å². The van der Waals surface area contributed by atoms with Crippen molar-refractivity contribution in [1.29, 1.82) is 0 Å². The molecule has 1 aliphatic rings. The van der Waals surface area contributed by atoms with Crippen LogP contribution in [-0.2, 0) is 0 Å². The van der Waals surface area contributed by atoms with Crippen molar-refractivity contribution in [2.45, 2.75) is 44.6 Å². The van der Waals surface area contributed by atoms with E-state index in [1.165, 1.54) is 0 Å². The molecule has 1 aliphatic carbocycles. The van der Waals surface area contributed by atoms with E-state index in [0.29, 0.717) is 12.5 Å². The van der Waals surface area contributed by atoms with Crippen LogP contribution in [-0.4, -0.2) is 40.1 Å². The predicted molar refractivity (Wildman–Crippen MR) is 70.6 cm³/mol. The highest BCUT2D eigenvalue weighted by molar-refractivity contribution is 5.95. The Bertz CT molecular complexity index is 433. The first-order chi connectivity index (χ1) is 8.43. The number of carbonyl (C=O) groups is 1. The summed E-state index contributed by atoms with van der Waals surface area (Å²) >= 11 is 0. The molecule has 0 unspecified atom stereocenters. The number of hydrogen-bond donors (Lipinski definition) is 2. The lowest BCUT2D eigenvalue weighted by Gasteiger charge is -2.39. The maximum absolute atomic E-state index is 12.3. The fourth-order valence-electron chi connectivity index (χ4n) is 2.51. The predicted octanol–water partition coefficient (Wildman–Crippen LogP) is 2.13. The molecule has 18 heavy (non-hydrogen) atoms. The molecule has 1 fully saturated rings. The van der Waals surface area contributed by atoms with Crippen molar-refractivity contribution in [2.24, 2.45) is 0 Å². The lowest BCUT2D eigenvalue weighted by atomic mass is 9.80. The van der Waals surface area contributed by atoms with Crippen LogP contribution >= 0.6 is 0 Å². The molecule has 1 aromatic heterocycles. The van der Waals surface area contributed by atoms with Gasteiger partial charge >= 0.3 is 0 Å². The second kappa shape index (κ2) is 4.76. The van der Waals surface area contributed by atoms with Crippen LogP contribution in [0.15, 0.2) is 12.3 Å². The normalized spacial score (nSPS) is 17.6. The fraction of sp³-hybridized carbons (Fsp3) is 0.643. The smallest absolute Gasteiger partial charge is 0.255 e. The van der Waals surface area contributed by atoms with Gasteiger partial charge in [-0.25, -0.2) is 0 Å². The van der Waals surface area contributed by atoms with Crippen LogP contribution in [0.5, 0.6) is 0 Å². The highest BCUT2D eigenvalue weighted by Crippen LogP contribution is 2.32. The van der Waals surface area contributed by atoms with E-state index in [9.17, 15) is 9.90 Å². The molecule has 0 aliphatic heterocycles. The zero-order valence-corrected chi connectivity index (χ0v) is 11.4.